The minimum atomic E-state index is -0.470. The van der Waals surface area contributed by atoms with E-state index >= 15 is 0 Å². The summed E-state index contributed by atoms with van der Waals surface area (Å²) in [6, 6.07) is 11.6. The lowest BCUT2D eigenvalue weighted by Crippen LogP contribution is -2.40. The van der Waals surface area contributed by atoms with Gasteiger partial charge in [-0.2, -0.15) is 0 Å². The van der Waals surface area contributed by atoms with Crippen molar-refractivity contribution < 1.29 is 19.4 Å². The summed E-state index contributed by atoms with van der Waals surface area (Å²) < 4.78 is 12.1. The molecular formula is C21H22N2O4S. The van der Waals surface area contributed by atoms with Crippen molar-refractivity contribution in [1.82, 2.24) is 9.88 Å². The molecule has 6 nitrogen and oxygen atoms in total. The summed E-state index contributed by atoms with van der Waals surface area (Å²) in [5, 5.41) is 11.4. The number of ether oxygens (including phenoxy) is 2. The molecular weight excluding hydrogens is 376 g/mol. The molecule has 4 rings (SSSR count). The maximum absolute atomic E-state index is 12.8. The monoisotopic (exact) mass is 398 g/mol. The van der Waals surface area contributed by atoms with Crippen LogP contribution < -0.4 is 4.74 Å². The number of fused-ring (bicyclic) bond motifs is 2. The Labute approximate surface area is 167 Å². The number of hydrogen-bond donors (Lipinski definition) is 1. The Hall–Kier alpha value is -2.64. The molecule has 1 N–H and O–H groups in total. The van der Waals surface area contributed by atoms with Crippen molar-refractivity contribution in [2.45, 2.75) is 26.0 Å². The fraction of sp³-hybridized carbons (Fsp3) is 0.333. The average Bonchev–Trinajstić information content (AvgIpc) is 3.01. The van der Waals surface area contributed by atoms with Crippen LogP contribution in [0.15, 0.2) is 36.4 Å². The molecule has 1 aliphatic heterocycles. The molecule has 1 aliphatic rings. The van der Waals surface area contributed by atoms with Gasteiger partial charge in [0.2, 0.25) is 0 Å². The minimum Gasteiger partial charge on any atom is -0.504 e. The summed E-state index contributed by atoms with van der Waals surface area (Å²) in [7, 11) is 1.55. The van der Waals surface area contributed by atoms with Crippen LogP contribution in [0.5, 0.6) is 11.5 Å². The van der Waals surface area contributed by atoms with Crippen LogP contribution in [-0.4, -0.2) is 47.3 Å². The van der Waals surface area contributed by atoms with Gasteiger partial charge in [0, 0.05) is 24.8 Å². The van der Waals surface area contributed by atoms with Crippen molar-refractivity contribution >= 4 is 27.5 Å². The quantitative estimate of drug-likeness (QED) is 0.723. The molecule has 0 bridgehead atoms. The number of para-hydroxylation sites is 1. The van der Waals surface area contributed by atoms with E-state index in [1.165, 1.54) is 0 Å². The van der Waals surface area contributed by atoms with Crippen molar-refractivity contribution in [2.75, 3.05) is 20.3 Å². The molecule has 0 saturated carbocycles. The standard InChI is InChI=1S/C21H22N2O4S/c1-3-17(26-2)21(25)23-8-9-27-19-14(12-23)10-13(11-16(19)24)20-22-15-6-4-5-7-18(15)28-20/h4-7,10-11,17,24H,3,8-9,12H2,1-2H3/t17-/m1/s1. The average molecular weight is 398 g/mol. The minimum absolute atomic E-state index is 0.0636. The Morgan fingerprint density at radius 2 is 2.21 bits per heavy atom. The number of methoxy groups -OCH3 is 1. The van der Waals surface area contributed by atoms with Crippen LogP contribution in [-0.2, 0) is 16.1 Å². The largest absolute Gasteiger partial charge is 0.504 e. The van der Waals surface area contributed by atoms with Crippen LogP contribution in [0, 0.1) is 0 Å². The number of amides is 1. The first-order valence-electron chi connectivity index (χ1n) is 9.27. The summed E-state index contributed by atoms with van der Waals surface area (Å²) in [6.07, 6.45) is 0.138. The maximum Gasteiger partial charge on any atom is 0.252 e. The predicted octanol–water partition coefficient (Wildman–Crippen LogP) is 3.81. The number of carbonyl (C=O) groups is 1. The maximum atomic E-state index is 12.8. The van der Waals surface area contributed by atoms with Crippen LogP contribution in [0.1, 0.15) is 18.9 Å². The molecule has 2 aromatic carbocycles. The van der Waals surface area contributed by atoms with E-state index in [1.54, 1.807) is 29.4 Å². The number of aromatic hydroxyl groups is 1. The van der Waals surface area contributed by atoms with Gasteiger partial charge in [-0.3, -0.25) is 4.79 Å². The summed E-state index contributed by atoms with van der Waals surface area (Å²) in [4.78, 5) is 19.2. The SMILES string of the molecule is CC[C@@H](OC)C(=O)N1CCOc2c(O)cc(-c3nc4ccccc4s3)cc2C1. The van der Waals surface area contributed by atoms with Crippen LogP contribution in [0.25, 0.3) is 20.8 Å². The van der Waals surface area contributed by atoms with E-state index in [0.29, 0.717) is 31.9 Å². The van der Waals surface area contributed by atoms with Crippen molar-refractivity contribution in [2.24, 2.45) is 0 Å². The summed E-state index contributed by atoms with van der Waals surface area (Å²) in [5.74, 6) is 0.441. The molecule has 0 spiro atoms. The Morgan fingerprint density at radius 3 is 2.96 bits per heavy atom. The van der Waals surface area contributed by atoms with E-state index in [2.05, 4.69) is 4.98 Å². The highest BCUT2D eigenvalue weighted by Crippen LogP contribution is 2.39. The molecule has 7 heteroatoms. The highest BCUT2D eigenvalue weighted by molar-refractivity contribution is 7.21. The van der Waals surface area contributed by atoms with Crippen molar-refractivity contribution in [3.8, 4) is 22.1 Å². The molecule has 0 unspecified atom stereocenters. The topological polar surface area (TPSA) is 71.9 Å². The number of aromatic nitrogens is 1. The number of carbonyl (C=O) groups excluding carboxylic acids is 1. The van der Waals surface area contributed by atoms with Gasteiger partial charge in [0.25, 0.3) is 5.91 Å². The second-order valence-electron chi connectivity index (χ2n) is 6.71. The highest BCUT2D eigenvalue weighted by atomic mass is 32.1. The smallest absolute Gasteiger partial charge is 0.252 e. The van der Waals surface area contributed by atoms with Gasteiger partial charge in [-0.05, 0) is 30.7 Å². The van der Waals surface area contributed by atoms with Gasteiger partial charge in [-0.1, -0.05) is 19.1 Å². The lowest BCUT2D eigenvalue weighted by Gasteiger charge is -2.24. The third-order valence-electron chi connectivity index (χ3n) is 4.90. The van der Waals surface area contributed by atoms with E-state index in [9.17, 15) is 9.90 Å². The van der Waals surface area contributed by atoms with E-state index in [-0.39, 0.29) is 11.7 Å². The van der Waals surface area contributed by atoms with Gasteiger partial charge < -0.3 is 19.5 Å². The molecule has 0 saturated heterocycles. The van der Waals surface area contributed by atoms with Crippen LogP contribution in [0.4, 0.5) is 0 Å². The summed E-state index contributed by atoms with van der Waals surface area (Å²) in [6.45, 7) is 3.06. The van der Waals surface area contributed by atoms with E-state index < -0.39 is 6.10 Å². The van der Waals surface area contributed by atoms with E-state index in [0.717, 1.165) is 26.4 Å². The van der Waals surface area contributed by atoms with Gasteiger partial charge in [0.15, 0.2) is 11.5 Å². The number of rotatable bonds is 4. The molecule has 1 amide bonds. The second kappa shape index (κ2) is 7.77. The molecule has 3 aromatic rings. The zero-order valence-electron chi connectivity index (χ0n) is 15.8. The summed E-state index contributed by atoms with van der Waals surface area (Å²) in [5.41, 5.74) is 2.51. The number of hydrogen-bond acceptors (Lipinski definition) is 6. The molecule has 1 aromatic heterocycles. The van der Waals surface area contributed by atoms with Gasteiger partial charge in [-0.15, -0.1) is 11.3 Å². The second-order valence-corrected chi connectivity index (χ2v) is 7.74. The van der Waals surface area contributed by atoms with Gasteiger partial charge in [0.05, 0.1) is 16.8 Å². The highest BCUT2D eigenvalue weighted by Gasteiger charge is 2.27. The van der Waals surface area contributed by atoms with Crippen LogP contribution in [0.3, 0.4) is 0 Å². The Morgan fingerprint density at radius 1 is 1.39 bits per heavy atom. The van der Waals surface area contributed by atoms with Crippen LogP contribution >= 0.6 is 11.3 Å². The zero-order valence-corrected chi connectivity index (χ0v) is 16.7. The molecule has 0 radical (unpaired) electrons. The molecule has 146 valence electrons. The molecule has 28 heavy (non-hydrogen) atoms. The van der Waals surface area contributed by atoms with Gasteiger partial charge in [-0.25, -0.2) is 4.98 Å². The molecule has 0 aliphatic carbocycles. The lowest BCUT2D eigenvalue weighted by molar-refractivity contribution is -0.142. The first-order chi connectivity index (χ1) is 13.6. The van der Waals surface area contributed by atoms with Gasteiger partial charge in [0.1, 0.15) is 17.7 Å². The number of phenols is 1. The Kier molecular flexibility index (Phi) is 5.19. The zero-order chi connectivity index (χ0) is 19.7. The van der Waals surface area contributed by atoms with Crippen molar-refractivity contribution in [3.05, 3.63) is 42.0 Å². The molecule has 2 heterocycles. The first kappa shape index (κ1) is 18.7. The number of phenolic OH excluding ortho intramolecular Hbond substituents is 1. The first-order valence-corrected chi connectivity index (χ1v) is 10.1. The third kappa shape index (κ3) is 3.43. The number of thiazole rings is 1. The fourth-order valence-electron chi connectivity index (χ4n) is 3.45. The predicted molar refractivity (Wildman–Crippen MR) is 109 cm³/mol. The van der Waals surface area contributed by atoms with Gasteiger partial charge >= 0.3 is 0 Å². The molecule has 0 fully saturated rings. The van der Waals surface area contributed by atoms with E-state index in [4.69, 9.17) is 9.47 Å². The number of benzene rings is 2. The van der Waals surface area contributed by atoms with Crippen molar-refractivity contribution in [1.29, 1.82) is 0 Å². The fourth-order valence-corrected chi connectivity index (χ4v) is 4.40. The number of nitrogens with zero attached hydrogens (tertiary/aromatic N) is 2. The molecule has 1 atom stereocenters. The summed E-state index contributed by atoms with van der Waals surface area (Å²) >= 11 is 1.57. The normalized spacial score (nSPS) is 15.0. The Balaban J connectivity index is 1.70. The lowest BCUT2D eigenvalue weighted by atomic mass is 10.1. The van der Waals surface area contributed by atoms with E-state index in [1.807, 2.05) is 37.3 Å². The van der Waals surface area contributed by atoms with Crippen molar-refractivity contribution in [3.63, 3.8) is 0 Å². The third-order valence-corrected chi connectivity index (χ3v) is 5.98. The Bertz CT molecular complexity index is 980. The van der Waals surface area contributed by atoms with Crippen LogP contribution in [0.2, 0.25) is 0 Å².